The van der Waals surface area contributed by atoms with Crippen LogP contribution in [0.5, 0.6) is 34.5 Å². The SMILES string of the molecule is O=C1C=CC(=C(c2ccc(O)cc2)c2c(-c3ccc(O)cc3)ccc(CO)c2C#Cc2ccc(OCc3ccc(-c4ccc(O)cc4)c(C(=C4C=CC(=O)C=C4)c4ccc(O)cc4)c3C#Cc3ccc(O)cc3)cc2)C=C1. The minimum atomic E-state index is -0.332. The van der Waals surface area contributed by atoms with Gasteiger partial charge in [0.25, 0.3) is 0 Å². The number of carbonyl (C=O) groups is 2. The van der Waals surface area contributed by atoms with Crippen molar-refractivity contribution in [3.05, 3.63) is 285 Å². The smallest absolute Gasteiger partial charge is 0.178 e. The lowest BCUT2D eigenvalue weighted by atomic mass is 9.82. The summed E-state index contributed by atoms with van der Waals surface area (Å²) in [7, 11) is 0. The molecule has 2 aliphatic rings. The van der Waals surface area contributed by atoms with Gasteiger partial charge in [-0.25, -0.2) is 0 Å². The third-order valence-electron chi connectivity index (χ3n) is 13.0. The summed E-state index contributed by atoms with van der Waals surface area (Å²) < 4.78 is 6.57. The average molecular weight is 1010 g/mol. The lowest BCUT2D eigenvalue weighted by Gasteiger charge is -2.22. The van der Waals surface area contributed by atoms with Crippen LogP contribution >= 0.6 is 0 Å². The second kappa shape index (κ2) is 22.3. The molecular formula is C68H46O9. The molecule has 0 atom stereocenters. The molecule has 0 aromatic heterocycles. The van der Waals surface area contributed by atoms with E-state index in [-0.39, 0.29) is 53.5 Å². The van der Waals surface area contributed by atoms with Gasteiger partial charge in [0.15, 0.2) is 11.6 Å². The maximum Gasteiger partial charge on any atom is 0.178 e. The van der Waals surface area contributed by atoms with Crippen LogP contribution in [-0.2, 0) is 22.8 Å². The van der Waals surface area contributed by atoms with Gasteiger partial charge in [-0.05, 0) is 183 Å². The predicted molar refractivity (Wildman–Crippen MR) is 299 cm³/mol. The van der Waals surface area contributed by atoms with Crippen molar-refractivity contribution >= 4 is 22.7 Å². The van der Waals surface area contributed by atoms with Crippen molar-refractivity contribution in [3.8, 4) is 80.4 Å². The molecular weight excluding hydrogens is 961 g/mol. The molecule has 6 N–H and O–H groups in total. The van der Waals surface area contributed by atoms with Gasteiger partial charge in [-0.3, -0.25) is 9.59 Å². The van der Waals surface area contributed by atoms with Crippen molar-refractivity contribution in [1.82, 2.24) is 0 Å². The fourth-order valence-corrected chi connectivity index (χ4v) is 9.13. The summed E-state index contributed by atoms with van der Waals surface area (Å²) in [5, 5.41) is 62.3. The van der Waals surface area contributed by atoms with E-state index in [2.05, 4.69) is 23.7 Å². The maximum absolute atomic E-state index is 12.5. The Bertz CT molecular complexity index is 3890. The molecule has 0 bridgehead atoms. The van der Waals surface area contributed by atoms with Gasteiger partial charge in [0.2, 0.25) is 0 Å². The van der Waals surface area contributed by atoms with Gasteiger partial charge in [-0.1, -0.05) is 121 Å². The minimum absolute atomic E-state index is 0.0618. The molecule has 0 aliphatic heterocycles. The molecule has 2 aliphatic carbocycles. The van der Waals surface area contributed by atoms with Crippen LogP contribution in [0, 0.1) is 23.7 Å². The standard InChI is InChI=1S/C68H46O9/c69-41-51-19-39-61(45-7-23-54(71)24-8-45)67(65(47-11-27-56(73)28-12-47)48-13-29-57(74)30-14-48)63(51)37-5-44-3-35-60(36-4-44)77-42-52-20-40-62(46-9-25-55(72)26-10-46)68(64(52)38-6-43-1-21-53(70)22-2-43)66(49-15-31-58(75)32-16-49)50-17-33-59(76)34-18-50/h1-4,7-36,39-40,69-73,75H,41-42H2. The Labute approximate surface area is 444 Å². The van der Waals surface area contributed by atoms with E-state index in [9.17, 15) is 40.2 Å². The summed E-state index contributed by atoms with van der Waals surface area (Å²) in [5.74, 6) is 14.1. The molecule has 9 nitrogen and oxygen atoms in total. The van der Waals surface area contributed by atoms with Gasteiger partial charge in [0.05, 0.1) is 6.61 Å². The minimum Gasteiger partial charge on any atom is -0.508 e. The van der Waals surface area contributed by atoms with E-state index in [1.54, 1.807) is 133 Å². The molecule has 0 saturated carbocycles. The largest absolute Gasteiger partial charge is 0.508 e. The van der Waals surface area contributed by atoms with Gasteiger partial charge < -0.3 is 35.4 Å². The van der Waals surface area contributed by atoms with E-state index >= 15 is 0 Å². The van der Waals surface area contributed by atoms with Crippen molar-refractivity contribution in [1.29, 1.82) is 0 Å². The summed E-state index contributed by atoms with van der Waals surface area (Å²) in [4.78, 5) is 24.9. The topological polar surface area (TPSA) is 165 Å². The highest BCUT2D eigenvalue weighted by Gasteiger charge is 2.24. The van der Waals surface area contributed by atoms with Crippen LogP contribution in [-0.4, -0.2) is 42.2 Å². The molecule has 10 rings (SSSR count). The van der Waals surface area contributed by atoms with Gasteiger partial charge in [0, 0.05) is 38.9 Å². The zero-order chi connectivity index (χ0) is 53.4. The Morgan fingerprint density at radius 1 is 0.377 bits per heavy atom. The van der Waals surface area contributed by atoms with E-state index in [1.165, 1.54) is 24.3 Å². The number of benzene rings is 8. The summed E-state index contributed by atoms with van der Waals surface area (Å²) >= 11 is 0. The van der Waals surface area contributed by atoms with E-state index < -0.39 is 0 Å². The van der Waals surface area contributed by atoms with Crippen LogP contribution in [0.4, 0.5) is 0 Å². The molecule has 9 heteroatoms. The summed E-state index contributed by atoms with van der Waals surface area (Å²) in [5.41, 5.74) is 12.5. The summed E-state index contributed by atoms with van der Waals surface area (Å²) in [6.07, 6.45) is 13.0. The van der Waals surface area contributed by atoms with E-state index in [1.807, 2.05) is 60.7 Å². The zero-order valence-corrected chi connectivity index (χ0v) is 41.1. The van der Waals surface area contributed by atoms with Crippen molar-refractivity contribution < 1.29 is 45.0 Å². The Kier molecular flexibility index (Phi) is 14.5. The lowest BCUT2D eigenvalue weighted by Crippen LogP contribution is -2.06. The molecule has 0 fully saturated rings. The average Bonchev–Trinajstić information content (AvgIpc) is 3.46. The van der Waals surface area contributed by atoms with Gasteiger partial charge in [0.1, 0.15) is 41.1 Å². The van der Waals surface area contributed by atoms with E-state index in [0.717, 1.165) is 50.1 Å². The number of rotatable bonds is 10. The highest BCUT2D eigenvalue weighted by Crippen LogP contribution is 2.43. The molecule has 0 heterocycles. The van der Waals surface area contributed by atoms with Crippen LogP contribution in [0.3, 0.4) is 0 Å². The number of allylic oxidation sites excluding steroid dienone is 10. The highest BCUT2D eigenvalue weighted by molar-refractivity contribution is 6.05. The predicted octanol–water partition coefficient (Wildman–Crippen LogP) is 12.4. The van der Waals surface area contributed by atoms with Crippen molar-refractivity contribution in [2.75, 3.05) is 0 Å². The van der Waals surface area contributed by atoms with Crippen LogP contribution in [0.1, 0.15) is 55.6 Å². The number of hydrogen-bond donors (Lipinski definition) is 6. The van der Waals surface area contributed by atoms with Gasteiger partial charge >= 0.3 is 0 Å². The Hall–Kier alpha value is -10.6. The first kappa shape index (κ1) is 50.0. The second-order valence-corrected chi connectivity index (χ2v) is 18.0. The third-order valence-corrected chi connectivity index (χ3v) is 13.0. The first-order chi connectivity index (χ1) is 37.5. The van der Waals surface area contributed by atoms with Crippen LogP contribution in [0.15, 0.2) is 230 Å². The second-order valence-electron chi connectivity index (χ2n) is 18.0. The fraction of sp³-hybridized carbons (Fsp3) is 0.0294. The Balaban J connectivity index is 1.07. The van der Waals surface area contributed by atoms with Crippen molar-refractivity contribution in [2.45, 2.75) is 13.2 Å². The number of ketones is 2. The number of phenols is 5. The molecule has 0 amide bonds. The van der Waals surface area contributed by atoms with E-state index in [0.29, 0.717) is 55.8 Å². The number of ether oxygens (including phenoxy) is 1. The number of aromatic hydroxyl groups is 5. The zero-order valence-electron chi connectivity index (χ0n) is 41.1. The molecule has 8 aromatic rings. The lowest BCUT2D eigenvalue weighted by molar-refractivity contribution is -0.111. The number of aliphatic hydroxyl groups excluding tert-OH is 1. The van der Waals surface area contributed by atoms with Gasteiger partial charge in [-0.2, -0.15) is 0 Å². The third kappa shape index (κ3) is 11.3. The summed E-state index contributed by atoms with van der Waals surface area (Å²) in [6.45, 7) is -0.270. The van der Waals surface area contributed by atoms with E-state index in [4.69, 9.17) is 4.74 Å². The van der Waals surface area contributed by atoms with Gasteiger partial charge in [-0.15, -0.1) is 0 Å². The first-order valence-corrected chi connectivity index (χ1v) is 24.4. The number of hydrogen-bond acceptors (Lipinski definition) is 9. The van der Waals surface area contributed by atoms with Crippen LogP contribution in [0.25, 0.3) is 33.4 Å². The normalized spacial score (nSPS) is 12.4. The number of carbonyl (C=O) groups excluding carboxylic acids is 2. The summed E-state index contributed by atoms with van der Waals surface area (Å²) in [6, 6.07) is 48.7. The molecule has 8 aromatic carbocycles. The molecule has 77 heavy (non-hydrogen) atoms. The molecule has 0 spiro atoms. The molecule has 0 saturated heterocycles. The monoisotopic (exact) mass is 1010 g/mol. The molecule has 0 radical (unpaired) electrons. The molecule has 0 unspecified atom stereocenters. The Morgan fingerprint density at radius 3 is 1.13 bits per heavy atom. The van der Waals surface area contributed by atoms with Crippen LogP contribution < -0.4 is 4.74 Å². The van der Waals surface area contributed by atoms with Crippen molar-refractivity contribution in [3.63, 3.8) is 0 Å². The Morgan fingerprint density at radius 2 is 0.727 bits per heavy atom. The quantitative estimate of drug-likeness (QED) is 0.0732. The molecule has 372 valence electrons. The fourth-order valence-electron chi connectivity index (χ4n) is 9.13. The first-order valence-electron chi connectivity index (χ1n) is 24.4. The van der Waals surface area contributed by atoms with Crippen molar-refractivity contribution in [2.24, 2.45) is 0 Å². The maximum atomic E-state index is 12.5. The number of aliphatic hydroxyl groups is 1. The van der Waals surface area contributed by atoms with Crippen LogP contribution in [0.2, 0.25) is 0 Å². The number of phenolic OH excluding ortho intramolecular Hbond substituents is 5. The highest BCUT2D eigenvalue weighted by atomic mass is 16.5.